The standard InChI is InChI=1S/C24H21N5O6/c1-13-21(23(30)28-25-9-15-3-5-17-19(7-15)34-11-32-17)14(2)27-22(13)24(31)29-26-10-16-4-6-18-20(8-16)35-12-33-18/h3-10,27H,11-12H2,1-2H3,(H,28,30)(H,29,31). The van der Waals surface area contributed by atoms with E-state index in [0.717, 1.165) is 11.1 Å². The lowest BCUT2D eigenvalue weighted by molar-refractivity contribution is 0.0948. The number of ether oxygens (including phenoxy) is 4. The monoisotopic (exact) mass is 475 g/mol. The number of fused-ring (bicyclic) bond motifs is 2. The molecule has 178 valence electrons. The van der Waals surface area contributed by atoms with Gasteiger partial charge in [-0.2, -0.15) is 10.2 Å². The van der Waals surface area contributed by atoms with Gasteiger partial charge in [-0.1, -0.05) is 0 Å². The molecule has 1 aromatic heterocycles. The first-order chi connectivity index (χ1) is 17.0. The molecule has 2 aromatic carbocycles. The quantitative estimate of drug-likeness (QED) is 0.370. The summed E-state index contributed by atoms with van der Waals surface area (Å²) in [6.07, 6.45) is 2.99. The van der Waals surface area contributed by atoms with Gasteiger partial charge in [0.25, 0.3) is 11.8 Å². The molecule has 0 unspecified atom stereocenters. The van der Waals surface area contributed by atoms with Crippen LogP contribution in [-0.4, -0.2) is 42.8 Å². The molecule has 0 fully saturated rings. The maximum Gasteiger partial charge on any atom is 0.288 e. The van der Waals surface area contributed by atoms with Crippen LogP contribution in [0.15, 0.2) is 46.6 Å². The Kier molecular flexibility index (Phi) is 5.80. The number of rotatable bonds is 6. The fourth-order valence-corrected chi connectivity index (χ4v) is 3.75. The summed E-state index contributed by atoms with van der Waals surface area (Å²) in [6.45, 7) is 3.74. The van der Waals surface area contributed by atoms with Gasteiger partial charge < -0.3 is 23.9 Å². The average molecular weight is 475 g/mol. The molecule has 0 radical (unpaired) electrons. The van der Waals surface area contributed by atoms with Crippen LogP contribution in [-0.2, 0) is 0 Å². The number of nitrogens with one attached hydrogen (secondary N) is 3. The van der Waals surface area contributed by atoms with Gasteiger partial charge in [-0.25, -0.2) is 10.9 Å². The fraction of sp³-hybridized carbons (Fsp3) is 0.167. The van der Waals surface area contributed by atoms with E-state index in [0.29, 0.717) is 39.8 Å². The van der Waals surface area contributed by atoms with Gasteiger partial charge in [0.15, 0.2) is 23.0 Å². The van der Waals surface area contributed by atoms with E-state index < -0.39 is 11.8 Å². The van der Waals surface area contributed by atoms with Crippen molar-refractivity contribution in [3.8, 4) is 23.0 Å². The van der Waals surface area contributed by atoms with Crippen LogP contribution >= 0.6 is 0 Å². The second kappa shape index (κ2) is 9.21. The van der Waals surface area contributed by atoms with Crippen molar-refractivity contribution in [1.82, 2.24) is 15.8 Å². The van der Waals surface area contributed by atoms with Crippen LogP contribution in [0.5, 0.6) is 23.0 Å². The zero-order chi connectivity index (χ0) is 24.4. The van der Waals surface area contributed by atoms with Gasteiger partial charge in [0.05, 0.1) is 18.0 Å². The average Bonchev–Trinajstić information content (AvgIpc) is 3.57. The summed E-state index contributed by atoms with van der Waals surface area (Å²) in [5.41, 5.74) is 7.99. The SMILES string of the molecule is Cc1[nH]c(C(=O)NN=Cc2ccc3c(c2)OCO3)c(C)c1C(=O)NN=Cc1ccc2c(c1)OCO2. The van der Waals surface area contributed by atoms with Crippen molar-refractivity contribution in [3.63, 3.8) is 0 Å². The number of aromatic amines is 1. The smallest absolute Gasteiger partial charge is 0.288 e. The third kappa shape index (κ3) is 4.51. The first kappa shape index (κ1) is 22.0. The number of carbonyl (C=O) groups is 2. The van der Waals surface area contributed by atoms with E-state index in [1.165, 1.54) is 12.4 Å². The zero-order valence-electron chi connectivity index (χ0n) is 18.9. The van der Waals surface area contributed by atoms with Crippen LogP contribution in [0.4, 0.5) is 0 Å². The van der Waals surface area contributed by atoms with Gasteiger partial charge >= 0.3 is 0 Å². The van der Waals surface area contributed by atoms with Crippen molar-refractivity contribution < 1.29 is 28.5 Å². The lowest BCUT2D eigenvalue weighted by atomic mass is 10.1. The number of amides is 2. The predicted octanol–water partition coefficient (Wildman–Crippen LogP) is 2.62. The molecule has 11 heteroatoms. The molecular formula is C24H21N5O6. The molecule has 2 amide bonds. The minimum absolute atomic E-state index is 0.178. The van der Waals surface area contributed by atoms with Gasteiger partial charge in [-0.05, 0) is 66.9 Å². The second-order valence-electron chi connectivity index (χ2n) is 7.75. The van der Waals surface area contributed by atoms with E-state index in [9.17, 15) is 9.59 Å². The highest BCUT2D eigenvalue weighted by molar-refractivity contribution is 6.03. The molecule has 11 nitrogen and oxygen atoms in total. The van der Waals surface area contributed by atoms with E-state index in [-0.39, 0.29) is 19.3 Å². The van der Waals surface area contributed by atoms with Crippen LogP contribution in [0.2, 0.25) is 0 Å². The number of aromatic nitrogens is 1. The Hall–Kier alpha value is -4.80. The number of H-pyrrole nitrogens is 1. The maximum absolute atomic E-state index is 12.7. The summed E-state index contributed by atoms with van der Waals surface area (Å²) in [5.74, 6) is 1.63. The van der Waals surface area contributed by atoms with E-state index in [2.05, 4.69) is 26.0 Å². The van der Waals surface area contributed by atoms with Gasteiger partial charge in [-0.3, -0.25) is 9.59 Å². The Bertz CT molecular complexity index is 1380. The lowest BCUT2D eigenvalue weighted by Gasteiger charge is -2.02. The Morgan fingerprint density at radius 2 is 1.31 bits per heavy atom. The summed E-state index contributed by atoms with van der Waals surface area (Å²) in [6, 6.07) is 10.6. The zero-order valence-corrected chi connectivity index (χ0v) is 18.9. The molecule has 5 rings (SSSR count). The highest BCUT2D eigenvalue weighted by atomic mass is 16.7. The Morgan fingerprint density at radius 3 is 1.89 bits per heavy atom. The Balaban J connectivity index is 1.22. The van der Waals surface area contributed by atoms with Crippen LogP contribution in [0.3, 0.4) is 0 Å². The van der Waals surface area contributed by atoms with Crippen molar-refractivity contribution >= 4 is 24.2 Å². The number of hydrogen-bond acceptors (Lipinski definition) is 8. The van der Waals surface area contributed by atoms with Crippen molar-refractivity contribution in [3.05, 3.63) is 70.0 Å². The maximum atomic E-state index is 12.7. The van der Waals surface area contributed by atoms with Crippen LogP contribution in [0.1, 0.15) is 43.2 Å². The molecule has 0 atom stereocenters. The summed E-state index contributed by atoms with van der Waals surface area (Å²) in [7, 11) is 0. The first-order valence-corrected chi connectivity index (χ1v) is 10.6. The minimum atomic E-state index is -0.481. The van der Waals surface area contributed by atoms with Crippen LogP contribution in [0, 0.1) is 13.8 Å². The molecule has 3 aromatic rings. The molecule has 0 bridgehead atoms. The van der Waals surface area contributed by atoms with E-state index in [1.54, 1.807) is 50.2 Å². The molecule has 0 aliphatic carbocycles. The number of benzene rings is 2. The number of hydrazone groups is 2. The molecular weight excluding hydrogens is 454 g/mol. The van der Waals surface area contributed by atoms with E-state index >= 15 is 0 Å². The molecule has 3 heterocycles. The third-order valence-corrected chi connectivity index (χ3v) is 5.44. The molecule has 0 saturated carbocycles. The van der Waals surface area contributed by atoms with Crippen molar-refractivity contribution in [1.29, 1.82) is 0 Å². The first-order valence-electron chi connectivity index (χ1n) is 10.6. The van der Waals surface area contributed by atoms with Gasteiger partial charge in [0.1, 0.15) is 5.69 Å². The van der Waals surface area contributed by atoms with E-state index in [1.807, 2.05) is 0 Å². The largest absolute Gasteiger partial charge is 0.454 e. The molecule has 0 saturated heterocycles. The highest BCUT2D eigenvalue weighted by Crippen LogP contribution is 2.32. The predicted molar refractivity (Wildman–Crippen MR) is 126 cm³/mol. The third-order valence-electron chi connectivity index (χ3n) is 5.44. The summed E-state index contributed by atoms with van der Waals surface area (Å²) < 4.78 is 21.2. The normalized spacial score (nSPS) is 13.5. The topological polar surface area (TPSA) is 136 Å². The highest BCUT2D eigenvalue weighted by Gasteiger charge is 2.22. The summed E-state index contributed by atoms with van der Waals surface area (Å²) >= 11 is 0. The summed E-state index contributed by atoms with van der Waals surface area (Å²) in [4.78, 5) is 28.3. The second-order valence-corrected chi connectivity index (χ2v) is 7.75. The molecule has 0 spiro atoms. The van der Waals surface area contributed by atoms with Crippen molar-refractivity contribution in [2.24, 2.45) is 10.2 Å². The summed E-state index contributed by atoms with van der Waals surface area (Å²) in [5, 5.41) is 8.00. The molecule has 35 heavy (non-hydrogen) atoms. The van der Waals surface area contributed by atoms with E-state index in [4.69, 9.17) is 18.9 Å². The number of nitrogens with zero attached hydrogens (tertiary/aromatic N) is 2. The van der Waals surface area contributed by atoms with Gasteiger partial charge in [0, 0.05) is 5.69 Å². The lowest BCUT2D eigenvalue weighted by Crippen LogP contribution is -2.21. The van der Waals surface area contributed by atoms with Gasteiger partial charge in [0.2, 0.25) is 13.6 Å². The van der Waals surface area contributed by atoms with Crippen molar-refractivity contribution in [2.45, 2.75) is 13.8 Å². The minimum Gasteiger partial charge on any atom is -0.454 e. The molecule has 2 aliphatic rings. The fourth-order valence-electron chi connectivity index (χ4n) is 3.75. The number of hydrogen-bond donors (Lipinski definition) is 3. The van der Waals surface area contributed by atoms with Crippen LogP contribution in [0.25, 0.3) is 0 Å². The molecule has 2 aliphatic heterocycles. The number of aryl methyl sites for hydroxylation is 1. The number of carbonyl (C=O) groups excluding carboxylic acids is 2. The Morgan fingerprint density at radius 1 is 0.800 bits per heavy atom. The Labute approximate surface area is 199 Å². The van der Waals surface area contributed by atoms with Crippen LogP contribution < -0.4 is 29.8 Å². The molecule has 3 N–H and O–H groups in total. The van der Waals surface area contributed by atoms with Crippen molar-refractivity contribution in [2.75, 3.05) is 13.6 Å². The van der Waals surface area contributed by atoms with Gasteiger partial charge in [-0.15, -0.1) is 0 Å².